The lowest BCUT2D eigenvalue weighted by molar-refractivity contribution is -0.122. The van der Waals surface area contributed by atoms with E-state index < -0.39 is 0 Å². The van der Waals surface area contributed by atoms with Gasteiger partial charge in [0.2, 0.25) is 5.91 Å². The van der Waals surface area contributed by atoms with Crippen molar-refractivity contribution in [2.45, 2.75) is 25.8 Å². The summed E-state index contributed by atoms with van der Waals surface area (Å²) in [6.07, 6.45) is 0.892. The van der Waals surface area contributed by atoms with Crippen LogP contribution < -0.4 is 5.32 Å². The molecule has 1 aliphatic carbocycles. The molecule has 0 aliphatic heterocycles. The van der Waals surface area contributed by atoms with Gasteiger partial charge in [0.25, 0.3) is 0 Å². The van der Waals surface area contributed by atoms with Gasteiger partial charge in [-0.05, 0) is 36.5 Å². The summed E-state index contributed by atoms with van der Waals surface area (Å²) in [7, 11) is 0. The Kier molecular flexibility index (Phi) is 3.98. The van der Waals surface area contributed by atoms with E-state index in [1.807, 2.05) is 36.4 Å². The molecule has 1 saturated carbocycles. The molecule has 1 amide bonds. The monoisotopic (exact) mass is 299 g/mol. The summed E-state index contributed by atoms with van der Waals surface area (Å²) < 4.78 is 0. The Labute approximate surface area is 130 Å². The van der Waals surface area contributed by atoms with Gasteiger partial charge in [0.05, 0.1) is 0 Å². The zero-order valence-corrected chi connectivity index (χ0v) is 12.7. The highest BCUT2D eigenvalue weighted by Gasteiger charge is 2.44. The number of hydrogen-bond acceptors (Lipinski definition) is 1. The first-order chi connectivity index (χ1) is 10.1. The van der Waals surface area contributed by atoms with E-state index in [0.717, 1.165) is 22.6 Å². The fourth-order valence-electron chi connectivity index (χ4n) is 2.75. The van der Waals surface area contributed by atoms with Crippen molar-refractivity contribution >= 4 is 17.5 Å². The second kappa shape index (κ2) is 5.90. The van der Waals surface area contributed by atoms with Gasteiger partial charge in [-0.3, -0.25) is 4.79 Å². The minimum absolute atomic E-state index is 0.0645. The molecule has 0 spiro atoms. The number of carbonyl (C=O) groups is 1. The maximum Gasteiger partial charge on any atom is 0.224 e. The average molecular weight is 300 g/mol. The van der Waals surface area contributed by atoms with Crippen molar-refractivity contribution in [3.05, 3.63) is 70.2 Å². The summed E-state index contributed by atoms with van der Waals surface area (Å²) in [5.74, 6) is 0.465. The van der Waals surface area contributed by atoms with Crippen molar-refractivity contribution in [2.24, 2.45) is 5.92 Å². The molecule has 2 nitrogen and oxygen atoms in total. The van der Waals surface area contributed by atoms with Gasteiger partial charge >= 0.3 is 0 Å². The molecule has 2 atom stereocenters. The number of benzene rings is 2. The third-order valence-corrected chi connectivity index (χ3v) is 4.33. The van der Waals surface area contributed by atoms with Gasteiger partial charge in [0.15, 0.2) is 0 Å². The topological polar surface area (TPSA) is 29.1 Å². The minimum atomic E-state index is 0.0645. The molecule has 1 aliphatic rings. The van der Waals surface area contributed by atoms with Crippen molar-refractivity contribution < 1.29 is 4.79 Å². The zero-order valence-electron chi connectivity index (χ0n) is 12.0. The van der Waals surface area contributed by atoms with E-state index >= 15 is 0 Å². The summed E-state index contributed by atoms with van der Waals surface area (Å²) in [6, 6.07) is 16.0. The van der Waals surface area contributed by atoms with Crippen LogP contribution in [0.5, 0.6) is 0 Å². The standard InChI is InChI=1S/C18H18ClNO/c1-12-5-4-6-13(9-12)11-20-18(21)16-10-15(16)14-7-2-3-8-17(14)19/h2-9,15-16H,10-11H2,1H3,(H,20,21). The highest BCUT2D eigenvalue weighted by Crippen LogP contribution is 2.49. The van der Waals surface area contributed by atoms with Crippen LogP contribution in [0.25, 0.3) is 0 Å². The Bertz CT molecular complexity index is 668. The fourth-order valence-corrected chi connectivity index (χ4v) is 3.02. The van der Waals surface area contributed by atoms with Crippen molar-refractivity contribution in [3.8, 4) is 0 Å². The number of hydrogen-bond donors (Lipinski definition) is 1. The Hall–Kier alpha value is -1.80. The molecule has 21 heavy (non-hydrogen) atoms. The number of amides is 1. The lowest BCUT2D eigenvalue weighted by atomic mass is 10.1. The first kappa shape index (κ1) is 14.2. The quantitative estimate of drug-likeness (QED) is 0.906. The predicted octanol–water partition coefficient (Wildman–Crippen LogP) is 4.07. The molecule has 1 fully saturated rings. The summed E-state index contributed by atoms with van der Waals surface area (Å²) in [6.45, 7) is 2.64. The maximum atomic E-state index is 12.2. The van der Waals surface area contributed by atoms with Gasteiger partial charge in [0.1, 0.15) is 0 Å². The number of aryl methyl sites for hydroxylation is 1. The molecule has 2 aromatic rings. The van der Waals surface area contributed by atoms with Crippen molar-refractivity contribution in [3.63, 3.8) is 0 Å². The molecule has 0 bridgehead atoms. The lowest BCUT2D eigenvalue weighted by Gasteiger charge is -2.07. The SMILES string of the molecule is Cc1cccc(CNC(=O)C2CC2c2ccccc2Cl)c1. The molecule has 0 aromatic heterocycles. The van der Waals surface area contributed by atoms with Gasteiger partial charge in [-0.1, -0.05) is 59.6 Å². The van der Waals surface area contributed by atoms with Crippen LogP contribution in [0.2, 0.25) is 5.02 Å². The minimum Gasteiger partial charge on any atom is -0.352 e. The van der Waals surface area contributed by atoms with E-state index in [1.54, 1.807) is 0 Å². The van der Waals surface area contributed by atoms with Gasteiger partial charge < -0.3 is 5.32 Å². The number of carbonyl (C=O) groups excluding carboxylic acids is 1. The average Bonchev–Trinajstić information content (AvgIpc) is 3.26. The molecule has 2 unspecified atom stereocenters. The van der Waals surface area contributed by atoms with E-state index in [0.29, 0.717) is 6.54 Å². The summed E-state index contributed by atoms with van der Waals surface area (Å²) in [5.41, 5.74) is 3.44. The zero-order chi connectivity index (χ0) is 14.8. The Morgan fingerprint density at radius 2 is 2.05 bits per heavy atom. The second-order valence-corrected chi connectivity index (χ2v) is 6.08. The molecule has 0 radical (unpaired) electrons. The lowest BCUT2D eigenvalue weighted by Crippen LogP contribution is -2.24. The van der Waals surface area contributed by atoms with E-state index in [9.17, 15) is 4.79 Å². The van der Waals surface area contributed by atoms with E-state index in [-0.39, 0.29) is 17.7 Å². The summed E-state index contributed by atoms with van der Waals surface area (Å²) in [4.78, 5) is 12.2. The second-order valence-electron chi connectivity index (χ2n) is 5.68. The van der Waals surface area contributed by atoms with Crippen LogP contribution in [-0.4, -0.2) is 5.91 Å². The molecular formula is C18H18ClNO. The third-order valence-electron chi connectivity index (χ3n) is 3.98. The van der Waals surface area contributed by atoms with Gasteiger partial charge in [-0.15, -0.1) is 0 Å². The Balaban J connectivity index is 1.57. The fraction of sp³-hybridized carbons (Fsp3) is 0.278. The van der Waals surface area contributed by atoms with E-state index in [2.05, 4.69) is 24.4 Å². The van der Waals surface area contributed by atoms with Crippen LogP contribution in [0.1, 0.15) is 29.0 Å². The summed E-state index contributed by atoms with van der Waals surface area (Å²) in [5, 5.41) is 3.79. The highest BCUT2D eigenvalue weighted by atomic mass is 35.5. The molecule has 1 N–H and O–H groups in total. The molecule has 108 valence electrons. The molecule has 0 saturated heterocycles. The Morgan fingerprint density at radius 1 is 1.24 bits per heavy atom. The van der Waals surface area contributed by atoms with Gasteiger partial charge in [-0.2, -0.15) is 0 Å². The number of halogens is 1. The van der Waals surface area contributed by atoms with Crippen molar-refractivity contribution in [2.75, 3.05) is 0 Å². The van der Waals surface area contributed by atoms with Crippen LogP contribution in [0.4, 0.5) is 0 Å². The van der Waals surface area contributed by atoms with Crippen LogP contribution in [0.3, 0.4) is 0 Å². The largest absolute Gasteiger partial charge is 0.352 e. The normalized spacial score (nSPS) is 20.1. The molecule has 0 heterocycles. The first-order valence-corrected chi connectivity index (χ1v) is 7.60. The third kappa shape index (κ3) is 3.27. The van der Waals surface area contributed by atoms with Crippen molar-refractivity contribution in [1.29, 1.82) is 0 Å². The first-order valence-electron chi connectivity index (χ1n) is 7.23. The molecule has 2 aromatic carbocycles. The Morgan fingerprint density at radius 3 is 2.81 bits per heavy atom. The molecule has 3 heteroatoms. The highest BCUT2D eigenvalue weighted by molar-refractivity contribution is 6.31. The van der Waals surface area contributed by atoms with Crippen LogP contribution in [0.15, 0.2) is 48.5 Å². The van der Waals surface area contributed by atoms with Crippen LogP contribution >= 0.6 is 11.6 Å². The van der Waals surface area contributed by atoms with Crippen LogP contribution in [0, 0.1) is 12.8 Å². The maximum absolute atomic E-state index is 12.2. The van der Waals surface area contributed by atoms with Gasteiger partial charge in [0, 0.05) is 17.5 Å². The van der Waals surface area contributed by atoms with E-state index in [1.165, 1.54) is 5.56 Å². The predicted molar refractivity (Wildman–Crippen MR) is 85.3 cm³/mol. The smallest absolute Gasteiger partial charge is 0.224 e. The molecular weight excluding hydrogens is 282 g/mol. The van der Waals surface area contributed by atoms with E-state index in [4.69, 9.17) is 11.6 Å². The van der Waals surface area contributed by atoms with Gasteiger partial charge in [-0.25, -0.2) is 0 Å². The van der Waals surface area contributed by atoms with Crippen LogP contribution in [-0.2, 0) is 11.3 Å². The number of nitrogens with one attached hydrogen (secondary N) is 1. The molecule has 3 rings (SSSR count). The number of rotatable bonds is 4. The van der Waals surface area contributed by atoms with Crippen molar-refractivity contribution in [1.82, 2.24) is 5.32 Å². The summed E-state index contributed by atoms with van der Waals surface area (Å²) >= 11 is 6.19.